The van der Waals surface area contributed by atoms with Gasteiger partial charge >= 0.3 is 5.97 Å². The fourth-order valence-corrected chi connectivity index (χ4v) is 4.61. The van der Waals surface area contributed by atoms with Crippen LogP contribution in [0, 0.1) is 0 Å². The summed E-state index contributed by atoms with van der Waals surface area (Å²) in [7, 11) is 0. The summed E-state index contributed by atoms with van der Waals surface area (Å²) >= 11 is 1.56. The van der Waals surface area contributed by atoms with E-state index in [4.69, 9.17) is 13.9 Å². The van der Waals surface area contributed by atoms with Crippen molar-refractivity contribution >= 4 is 34.7 Å². The minimum atomic E-state index is -0.603. The number of nitrogens with zero attached hydrogens (tertiary/aromatic N) is 4. The van der Waals surface area contributed by atoms with E-state index in [-0.39, 0.29) is 6.04 Å². The standard InChI is InChI=1S/C23H22N4O5S/c28-21(15-32-23(29)16-4-1-7-24-22(16)26-8-11-30-12-9-26)27-18(19-5-2-10-31-19)14-17(25-27)20-6-3-13-33-20/h1-7,10,13,18H,8-9,11-12,14-15H2. The zero-order chi connectivity index (χ0) is 22.6. The topological polar surface area (TPSA) is 97.5 Å². The molecular weight excluding hydrogens is 444 g/mol. The van der Waals surface area contributed by atoms with Gasteiger partial charge in [0, 0.05) is 25.7 Å². The highest BCUT2D eigenvalue weighted by atomic mass is 32.1. The van der Waals surface area contributed by atoms with Gasteiger partial charge in [-0.15, -0.1) is 11.3 Å². The van der Waals surface area contributed by atoms with Crippen molar-refractivity contribution in [2.45, 2.75) is 12.5 Å². The van der Waals surface area contributed by atoms with E-state index in [1.807, 2.05) is 28.5 Å². The highest BCUT2D eigenvalue weighted by Gasteiger charge is 2.35. The number of carbonyl (C=O) groups is 2. The van der Waals surface area contributed by atoms with E-state index in [0.717, 1.165) is 10.6 Å². The lowest BCUT2D eigenvalue weighted by molar-refractivity contribution is -0.136. The number of pyridine rings is 1. The van der Waals surface area contributed by atoms with E-state index in [2.05, 4.69) is 10.1 Å². The van der Waals surface area contributed by atoms with Gasteiger partial charge in [-0.05, 0) is 35.7 Å². The molecule has 0 aliphatic carbocycles. The van der Waals surface area contributed by atoms with Crippen molar-refractivity contribution in [2.75, 3.05) is 37.8 Å². The van der Waals surface area contributed by atoms with Crippen molar-refractivity contribution in [3.63, 3.8) is 0 Å². The molecule has 10 heteroatoms. The van der Waals surface area contributed by atoms with Crippen LogP contribution in [0.15, 0.2) is 63.8 Å². The second-order valence-corrected chi connectivity index (χ2v) is 8.50. The molecule has 0 spiro atoms. The first-order valence-corrected chi connectivity index (χ1v) is 11.5. The number of furan rings is 1. The Morgan fingerprint density at radius 1 is 1.15 bits per heavy atom. The van der Waals surface area contributed by atoms with E-state index in [9.17, 15) is 9.59 Å². The van der Waals surface area contributed by atoms with Crippen molar-refractivity contribution in [2.24, 2.45) is 5.10 Å². The number of carbonyl (C=O) groups excluding carboxylic acids is 2. The van der Waals surface area contributed by atoms with Crippen LogP contribution in [0.1, 0.15) is 33.5 Å². The molecule has 0 saturated carbocycles. The van der Waals surface area contributed by atoms with Crippen molar-refractivity contribution < 1.29 is 23.5 Å². The van der Waals surface area contributed by atoms with Gasteiger partial charge in [-0.3, -0.25) is 4.79 Å². The molecule has 1 saturated heterocycles. The molecule has 5 rings (SSSR count). The zero-order valence-electron chi connectivity index (χ0n) is 17.8. The second-order valence-electron chi connectivity index (χ2n) is 7.55. The number of esters is 1. The average molecular weight is 467 g/mol. The molecule has 0 aromatic carbocycles. The van der Waals surface area contributed by atoms with Gasteiger partial charge in [0.05, 0.1) is 30.1 Å². The number of rotatable bonds is 6. The number of aromatic nitrogens is 1. The largest absolute Gasteiger partial charge is 0.467 e. The van der Waals surface area contributed by atoms with Crippen LogP contribution in [0.5, 0.6) is 0 Å². The monoisotopic (exact) mass is 466 g/mol. The predicted molar refractivity (Wildman–Crippen MR) is 121 cm³/mol. The maximum absolute atomic E-state index is 13.0. The molecule has 0 radical (unpaired) electrons. The number of morpholine rings is 1. The van der Waals surface area contributed by atoms with E-state index in [1.54, 1.807) is 42.0 Å². The van der Waals surface area contributed by atoms with Crippen LogP contribution in [0.4, 0.5) is 5.82 Å². The first-order valence-electron chi connectivity index (χ1n) is 10.6. The number of hydrogen-bond donors (Lipinski definition) is 0. The van der Waals surface area contributed by atoms with Crippen LogP contribution in [0.2, 0.25) is 0 Å². The van der Waals surface area contributed by atoms with Crippen LogP contribution in [0.3, 0.4) is 0 Å². The summed E-state index contributed by atoms with van der Waals surface area (Å²) in [5, 5.41) is 7.85. The maximum Gasteiger partial charge on any atom is 0.342 e. The van der Waals surface area contributed by atoms with Gasteiger partial charge in [0.2, 0.25) is 0 Å². The summed E-state index contributed by atoms with van der Waals surface area (Å²) in [5.74, 6) is 0.139. The summed E-state index contributed by atoms with van der Waals surface area (Å²) in [6, 6.07) is 10.4. The smallest absolute Gasteiger partial charge is 0.342 e. The lowest BCUT2D eigenvalue weighted by Gasteiger charge is -2.28. The quantitative estimate of drug-likeness (QED) is 0.515. The highest BCUT2D eigenvalue weighted by molar-refractivity contribution is 7.12. The minimum absolute atomic E-state index is 0.319. The molecule has 5 heterocycles. The molecule has 0 bridgehead atoms. The first-order chi connectivity index (χ1) is 16.2. The number of ether oxygens (including phenoxy) is 2. The maximum atomic E-state index is 13.0. The highest BCUT2D eigenvalue weighted by Crippen LogP contribution is 2.34. The number of hydrogen-bond acceptors (Lipinski definition) is 9. The van der Waals surface area contributed by atoms with E-state index >= 15 is 0 Å². The number of amides is 1. The summed E-state index contributed by atoms with van der Waals surface area (Å²) < 4.78 is 16.3. The normalized spacial score (nSPS) is 18.3. The van der Waals surface area contributed by atoms with Crippen LogP contribution in [0.25, 0.3) is 0 Å². The third-order valence-corrected chi connectivity index (χ3v) is 6.41. The molecule has 1 fully saturated rings. The van der Waals surface area contributed by atoms with Gasteiger partial charge < -0.3 is 18.8 Å². The lowest BCUT2D eigenvalue weighted by atomic mass is 10.1. The molecule has 3 aromatic rings. The van der Waals surface area contributed by atoms with Gasteiger partial charge in [-0.1, -0.05) is 6.07 Å². The molecular formula is C23H22N4O5S. The molecule has 2 aliphatic rings. The Hall–Kier alpha value is -3.50. The first kappa shape index (κ1) is 21.4. The van der Waals surface area contributed by atoms with Crippen molar-refractivity contribution in [1.29, 1.82) is 0 Å². The Labute approximate surface area is 194 Å². The zero-order valence-corrected chi connectivity index (χ0v) is 18.6. The molecule has 0 N–H and O–H groups in total. The van der Waals surface area contributed by atoms with Crippen LogP contribution in [-0.4, -0.2) is 60.5 Å². The van der Waals surface area contributed by atoms with Crippen LogP contribution < -0.4 is 4.90 Å². The number of hydrazone groups is 1. The van der Waals surface area contributed by atoms with Gasteiger partial charge in [-0.25, -0.2) is 14.8 Å². The molecule has 9 nitrogen and oxygen atoms in total. The summed E-state index contributed by atoms with van der Waals surface area (Å²) in [6.07, 6.45) is 3.72. The fourth-order valence-electron chi connectivity index (χ4n) is 3.89. The molecule has 33 heavy (non-hydrogen) atoms. The van der Waals surface area contributed by atoms with E-state index in [0.29, 0.717) is 49.9 Å². The molecule has 170 valence electrons. The lowest BCUT2D eigenvalue weighted by Crippen LogP contribution is -2.38. The molecule has 2 aliphatic heterocycles. The van der Waals surface area contributed by atoms with Crippen molar-refractivity contribution in [3.8, 4) is 0 Å². The summed E-state index contributed by atoms with van der Waals surface area (Å²) in [5.41, 5.74) is 1.12. The molecule has 1 amide bonds. The van der Waals surface area contributed by atoms with Crippen molar-refractivity contribution in [3.05, 3.63) is 70.4 Å². The van der Waals surface area contributed by atoms with E-state index in [1.165, 1.54) is 5.01 Å². The molecule has 1 atom stereocenters. The third-order valence-electron chi connectivity index (χ3n) is 5.49. The van der Waals surface area contributed by atoms with Crippen LogP contribution in [-0.2, 0) is 14.3 Å². The van der Waals surface area contributed by atoms with Gasteiger partial charge in [-0.2, -0.15) is 5.10 Å². The summed E-state index contributed by atoms with van der Waals surface area (Å²) in [4.78, 5) is 33.2. The Morgan fingerprint density at radius 2 is 2.03 bits per heavy atom. The number of anilines is 1. The minimum Gasteiger partial charge on any atom is -0.467 e. The predicted octanol–water partition coefficient (Wildman–Crippen LogP) is 3.11. The fraction of sp³-hybridized carbons (Fsp3) is 0.304. The second kappa shape index (κ2) is 9.55. The Kier molecular flexibility index (Phi) is 6.18. The Bertz CT molecular complexity index is 1140. The Morgan fingerprint density at radius 3 is 2.79 bits per heavy atom. The molecule has 1 unspecified atom stereocenters. The van der Waals surface area contributed by atoms with Crippen LogP contribution >= 0.6 is 11.3 Å². The van der Waals surface area contributed by atoms with Gasteiger partial charge in [0.15, 0.2) is 6.61 Å². The SMILES string of the molecule is O=C(OCC(=O)N1N=C(c2cccs2)CC1c1ccco1)c1cccnc1N1CCOCC1. The van der Waals surface area contributed by atoms with Crippen molar-refractivity contribution in [1.82, 2.24) is 9.99 Å². The van der Waals surface area contributed by atoms with Gasteiger partial charge in [0.25, 0.3) is 5.91 Å². The van der Waals surface area contributed by atoms with E-state index < -0.39 is 18.5 Å². The molecule has 3 aromatic heterocycles. The summed E-state index contributed by atoms with van der Waals surface area (Å²) in [6.45, 7) is 1.97. The van der Waals surface area contributed by atoms with Gasteiger partial charge in [0.1, 0.15) is 23.2 Å². The number of thiophene rings is 1. The Balaban J connectivity index is 1.30. The average Bonchev–Trinajstić information content (AvgIpc) is 3.63. The third kappa shape index (κ3) is 4.53.